The van der Waals surface area contributed by atoms with Crippen LogP contribution in [0.4, 0.5) is 13.2 Å². The van der Waals surface area contributed by atoms with Gasteiger partial charge in [0.05, 0.1) is 5.76 Å². The summed E-state index contributed by atoms with van der Waals surface area (Å²) in [7, 11) is 0. The van der Waals surface area contributed by atoms with Gasteiger partial charge in [-0.3, -0.25) is 4.79 Å². The number of aliphatic hydroxyl groups excluding tert-OH is 1. The smallest absolute Gasteiger partial charge is 0.454 e. The first-order valence-electron chi connectivity index (χ1n) is 2.32. The quantitative estimate of drug-likeness (QED) is 0.589. The molecule has 0 aromatic heterocycles. The van der Waals surface area contributed by atoms with Crippen molar-refractivity contribution in [3.05, 3.63) is 11.8 Å². The van der Waals surface area contributed by atoms with E-state index in [0.29, 0.717) is 0 Å². The molecule has 0 saturated heterocycles. The van der Waals surface area contributed by atoms with Crippen LogP contribution < -0.4 is 0 Å². The topological polar surface area (TPSA) is 37.3 Å². The first-order valence-corrected chi connectivity index (χ1v) is 2.32. The third kappa shape index (κ3) is 6.76. The van der Waals surface area contributed by atoms with Gasteiger partial charge in [-0.1, -0.05) is 0 Å². The Balaban J connectivity index is 0. The molecule has 0 saturated carbocycles. The molecule has 62 valence electrons. The monoisotopic (exact) mass is 294 g/mol. The third-order valence-electron chi connectivity index (χ3n) is 0.619. The van der Waals surface area contributed by atoms with Gasteiger partial charge < -0.3 is 5.11 Å². The first kappa shape index (κ1) is 13.9. The second kappa shape index (κ2) is 5.10. The number of rotatable bonds is 1. The molecule has 1 N–H and O–H groups in total. The van der Waals surface area contributed by atoms with Gasteiger partial charge in [0.2, 0.25) is 0 Å². The molecule has 0 aliphatic carbocycles. The van der Waals surface area contributed by atoms with Crippen molar-refractivity contribution in [2.24, 2.45) is 0 Å². The van der Waals surface area contributed by atoms with Crippen molar-refractivity contribution in [3.63, 3.8) is 0 Å². The van der Waals surface area contributed by atoms with Crippen molar-refractivity contribution in [3.8, 4) is 0 Å². The minimum absolute atomic E-state index is 0. The molecule has 0 aliphatic heterocycles. The minimum Gasteiger partial charge on any atom is -0.512 e. The van der Waals surface area contributed by atoms with Gasteiger partial charge in [0.15, 0.2) is 0 Å². The Kier molecular flexibility index (Phi) is 6.46. The zero-order chi connectivity index (χ0) is 8.36. The normalized spacial score (nSPS) is 12.2. The molecule has 0 aliphatic rings. The molecule has 0 radical (unpaired) electrons. The number of carbonyl (C=O) groups excluding carboxylic acids is 1. The van der Waals surface area contributed by atoms with E-state index in [1.807, 2.05) is 0 Å². The first-order chi connectivity index (χ1) is 4.34. The zero-order valence-electron chi connectivity index (χ0n) is 5.57. The third-order valence-corrected chi connectivity index (χ3v) is 0.619. The molecular formula is C5H5CeF3O2. The van der Waals surface area contributed by atoms with Crippen LogP contribution in [0.25, 0.3) is 0 Å². The summed E-state index contributed by atoms with van der Waals surface area (Å²) < 4.78 is 33.9. The fourth-order valence-electron chi connectivity index (χ4n) is 0.272. The number of aliphatic hydroxyl groups is 1. The van der Waals surface area contributed by atoms with Crippen LogP contribution in [0.15, 0.2) is 11.8 Å². The predicted octanol–water partition coefficient (Wildman–Crippen LogP) is 1.58. The average molecular weight is 294 g/mol. The number of carbonyl (C=O) groups is 1. The van der Waals surface area contributed by atoms with Crippen molar-refractivity contribution >= 4 is 5.78 Å². The maximum Gasteiger partial charge on any atom is 0.454 e. The molecule has 0 aromatic rings. The summed E-state index contributed by atoms with van der Waals surface area (Å²) in [5.41, 5.74) is 0. The number of allylic oxidation sites excluding steroid dienone is 2. The van der Waals surface area contributed by atoms with E-state index in [-0.39, 0.29) is 47.8 Å². The van der Waals surface area contributed by atoms with Gasteiger partial charge in [-0.2, -0.15) is 13.2 Å². The summed E-state index contributed by atoms with van der Waals surface area (Å²) in [6, 6.07) is 0. The van der Waals surface area contributed by atoms with E-state index in [1.54, 1.807) is 0 Å². The summed E-state index contributed by atoms with van der Waals surface area (Å²) in [6.07, 6.45) is -4.76. The van der Waals surface area contributed by atoms with E-state index < -0.39 is 17.7 Å². The van der Waals surface area contributed by atoms with E-state index in [2.05, 4.69) is 0 Å². The van der Waals surface area contributed by atoms with Crippen LogP contribution in [-0.4, -0.2) is 17.1 Å². The number of halogens is 3. The van der Waals surface area contributed by atoms with Crippen molar-refractivity contribution in [2.75, 3.05) is 0 Å². The van der Waals surface area contributed by atoms with Crippen LogP contribution in [0.3, 0.4) is 0 Å². The van der Waals surface area contributed by atoms with Crippen LogP contribution in [-0.2, 0) is 4.79 Å². The summed E-state index contributed by atoms with van der Waals surface area (Å²) in [5.74, 6) is -2.70. The van der Waals surface area contributed by atoms with Gasteiger partial charge in [0.25, 0.3) is 5.78 Å². The minimum atomic E-state index is -4.88. The Hall–Kier alpha value is 0.377. The Morgan fingerprint density at radius 1 is 1.45 bits per heavy atom. The molecule has 0 rings (SSSR count). The fraction of sp³-hybridized carbons (Fsp3) is 0.400. The largest absolute Gasteiger partial charge is 0.512 e. The van der Waals surface area contributed by atoms with E-state index in [0.717, 1.165) is 6.92 Å². The molecule has 0 spiro atoms. The Bertz CT molecular complexity index is 169. The van der Waals surface area contributed by atoms with E-state index in [1.165, 1.54) is 0 Å². The maximum absolute atomic E-state index is 11.3. The van der Waals surface area contributed by atoms with Crippen molar-refractivity contribution in [2.45, 2.75) is 13.1 Å². The molecule has 0 aromatic carbocycles. The number of ketones is 1. The molecule has 0 unspecified atom stereocenters. The van der Waals surface area contributed by atoms with Crippen LogP contribution >= 0.6 is 0 Å². The van der Waals surface area contributed by atoms with Gasteiger partial charge in [0.1, 0.15) is 0 Å². The Morgan fingerprint density at radius 3 is 1.91 bits per heavy atom. The van der Waals surface area contributed by atoms with Crippen molar-refractivity contribution in [1.29, 1.82) is 0 Å². The Labute approximate surface area is 94.8 Å². The predicted molar refractivity (Wildman–Crippen MR) is 27.4 cm³/mol. The molecule has 0 bridgehead atoms. The summed E-state index contributed by atoms with van der Waals surface area (Å²) in [5, 5.41) is 8.23. The molecule has 2 nitrogen and oxygen atoms in total. The Morgan fingerprint density at radius 2 is 1.82 bits per heavy atom. The molecule has 11 heavy (non-hydrogen) atoms. The zero-order valence-corrected chi connectivity index (χ0v) is 8.71. The SMILES string of the molecule is C/C(O)=C/C(=O)C(F)(F)F.[Ce]. The van der Waals surface area contributed by atoms with Crippen LogP contribution in [0.2, 0.25) is 0 Å². The molecule has 6 heteroatoms. The van der Waals surface area contributed by atoms with Crippen molar-refractivity contribution in [1.82, 2.24) is 0 Å². The number of hydrogen-bond donors (Lipinski definition) is 1. The number of alkyl halides is 3. The standard InChI is InChI=1S/C5H5F3O2.Ce/c1-3(9)2-4(10)5(6,7)8;/h2,9H,1H3;/b3-2-;. The van der Waals surface area contributed by atoms with E-state index in [4.69, 9.17) is 5.11 Å². The van der Waals surface area contributed by atoms with Gasteiger partial charge in [-0.15, -0.1) is 0 Å². The summed E-state index contributed by atoms with van der Waals surface area (Å²) in [6.45, 7) is 0.990. The van der Waals surface area contributed by atoms with Gasteiger partial charge in [-0.25, -0.2) is 0 Å². The van der Waals surface area contributed by atoms with Crippen LogP contribution in [0.1, 0.15) is 6.92 Å². The fourth-order valence-corrected chi connectivity index (χ4v) is 0.272. The summed E-state index contributed by atoms with van der Waals surface area (Å²) >= 11 is 0. The van der Waals surface area contributed by atoms with Gasteiger partial charge >= 0.3 is 6.18 Å². The van der Waals surface area contributed by atoms with E-state index >= 15 is 0 Å². The molecular weight excluding hydrogens is 289 g/mol. The second-order valence-electron chi connectivity index (χ2n) is 1.65. The maximum atomic E-state index is 11.3. The van der Waals surface area contributed by atoms with E-state index in [9.17, 15) is 18.0 Å². The number of hydrogen-bond acceptors (Lipinski definition) is 2. The van der Waals surface area contributed by atoms with Crippen LogP contribution in [0, 0.1) is 41.7 Å². The summed E-state index contributed by atoms with van der Waals surface area (Å²) in [4.78, 5) is 9.91. The van der Waals surface area contributed by atoms with Crippen molar-refractivity contribution < 1.29 is 64.8 Å². The van der Waals surface area contributed by atoms with Crippen LogP contribution in [0.5, 0.6) is 0 Å². The van der Waals surface area contributed by atoms with Gasteiger partial charge in [0, 0.05) is 47.8 Å². The molecule has 0 fully saturated rings. The second-order valence-corrected chi connectivity index (χ2v) is 1.65. The van der Waals surface area contributed by atoms with Gasteiger partial charge in [-0.05, 0) is 6.92 Å². The molecule has 0 amide bonds. The molecule has 0 heterocycles. The molecule has 0 atom stereocenters. The average Bonchev–Trinajstić information content (AvgIpc) is 1.60.